The van der Waals surface area contributed by atoms with Crippen LogP contribution in [0.15, 0.2) is 22.1 Å². The molecule has 0 unspecified atom stereocenters. The summed E-state index contributed by atoms with van der Waals surface area (Å²) in [6.07, 6.45) is 1.64. The lowest BCUT2D eigenvalue weighted by atomic mass is 10.2. The summed E-state index contributed by atoms with van der Waals surface area (Å²) < 4.78 is 2.41. The normalized spacial score (nSPS) is 11.2. The second-order valence-corrected chi connectivity index (χ2v) is 6.47. The smallest absolute Gasteiger partial charge is 0.223 e. The van der Waals surface area contributed by atoms with Crippen molar-refractivity contribution < 1.29 is 4.79 Å². The van der Waals surface area contributed by atoms with Crippen molar-refractivity contribution in [1.29, 1.82) is 0 Å². The Morgan fingerprint density at radius 3 is 2.89 bits per heavy atom. The van der Waals surface area contributed by atoms with Gasteiger partial charge in [0.25, 0.3) is 0 Å². The van der Waals surface area contributed by atoms with Gasteiger partial charge in [-0.25, -0.2) is 0 Å². The number of likely N-dealkylation sites (N-methyl/N-ethyl adjacent to an activating group) is 1. The molecular weight excluding hydrogens is 350 g/mol. The van der Waals surface area contributed by atoms with Crippen molar-refractivity contribution in [2.75, 3.05) is 20.6 Å². The molecule has 0 radical (unpaired) electrons. The van der Waals surface area contributed by atoms with Gasteiger partial charge in [0.15, 0.2) is 0 Å². The minimum absolute atomic E-state index is 0.0943. The van der Waals surface area contributed by atoms with Crippen LogP contribution >= 0.6 is 38.9 Å². The van der Waals surface area contributed by atoms with Gasteiger partial charge in [0, 0.05) is 6.54 Å². The molecule has 2 aromatic rings. The minimum Gasteiger partial charge on any atom is -0.308 e. The lowest BCUT2D eigenvalue weighted by Crippen LogP contribution is -2.21. The predicted molar refractivity (Wildman–Crippen MR) is 81.2 cm³/mol. The fourth-order valence-corrected chi connectivity index (χ4v) is 3.17. The molecule has 0 aromatic carbocycles. The summed E-state index contributed by atoms with van der Waals surface area (Å²) in [7, 11) is 3.96. The number of hydrogen-bond acceptors (Lipinski definition) is 4. The molecule has 0 amide bonds. The number of ketones is 1. The van der Waals surface area contributed by atoms with E-state index in [-0.39, 0.29) is 5.78 Å². The zero-order chi connectivity index (χ0) is 14.0. The number of halogens is 2. The van der Waals surface area contributed by atoms with Gasteiger partial charge in [0.05, 0.1) is 27.1 Å². The Morgan fingerprint density at radius 1 is 1.58 bits per heavy atom. The zero-order valence-corrected chi connectivity index (χ0v) is 13.7. The van der Waals surface area contributed by atoms with E-state index in [1.807, 2.05) is 24.4 Å². The van der Waals surface area contributed by atoms with Crippen molar-refractivity contribution >= 4 is 44.7 Å². The molecule has 0 N–H and O–H groups in total. The molecule has 0 bridgehead atoms. The lowest BCUT2D eigenvalue weighted by molar-refractivity contribution is 0.103. The van der Waals surface area contributed by atoms with Crippen LogP contribution in [0.2, 0.25) is 5.02 Å². The van der Waals surface area contributed by atoms with E-state index in [9.17, 15) is 4.79 Å². The minimum atomic E-state index is -0.0943. The standard InChI is InChI=1S/C12H13BrClN3OS/c1-16(2)4-5-17-10(8(13)7-15-17)11(18)12-9(14)3-6-19-12/h3,6-7H,4-5H2,1-2H3. The van der Waals surface area contributed by atoms with Crippen molar-refractivity contribution in [2.45, 2.75) is 6.54 Å². The number of thiophene rings is 1. The van der Waals surface area contributed by atoms with Crippen molar-refractivity contribution in [2.24, 2.45) is 0 Å². The van der Waals surface area contributed by atoms with Crippen molar-refractivity contribution in [1.82, 2.24) is 14.7 Å². The average Bonchev–Trinajstić information content (AvgIpc) is 2.92. The number of carbonyl (C=O) groups excluding carboxylic acids is 1. The molecule has 0 aliphatic carbocycles. The molecule has 4 nitrogen and oxygen atoms in total. The maximum Gasteiger partial charge on any atom is 0.223 e. The summed E-state index contributed by atoms with van der Waals surface area (Å²) in [5.74, 6) is -0.0943. The van der Waals surface area contributed by atoms with Gasteiger partial charge in [-0.3, -0.25) is 9.48 Å². The molecule has 7 heteroatoms. The van der Waals surface area contributed by atoms with Crippen molar-refractivity contribution in [3.05, 3.63) is 37.7 Å². The van der Waals surface area contributed by atoms with E-state index in [4.69, 9.17) is 11.6 Å². The Morgan fingerprint density at radius 2 is 2.32 bits per heavy atom. The molecule has 0 saturated carbocycles. The number of hydrogen-bond donors (Lipinski definition) is 0. The third-order valence-corrected chi connectivity index (χ3v) is 4.51. The first kappa shape index (κ1) is 14.7. The van der Waals surface area contributed by atoms with Crippen LogP contribution in [0, 0.1) is 0 Å². The number of rotatable bonds is 5. The van der Waals surface area contributed by atoms with E-state index in [1.54, 1.807) is 16.9 Å². The van der Waals surface area contributed by atoms with E-state index in [0.29, 0.717) is 26.6 Å². The highest BCUT2D eigenvalue weighted by molar-refractivity contribution is 9.10. The molecule has 0 aliphatic heterocycles. The molecule has 0 fully saturated rings. The number of carbonyl (C=O) groups is 1. The van der Waals surface area contributed by atoms with Crippen molar-refractivity contribution in [3.63, 3.8) is 0 Å². The highest BCUT2D eigenvalue weighted by Gasteiger charge is 2.22. The Kier molecular flexibility index (Phi) is 4.78. The Bertz CT molecular complexity index is 594. The fourth-order valence-electron chi connectivity index (χ4n) is 1.62. The SMILES string of the molecule is CN(C)CCn1ncc(Br)c1C(=O)c1sccc1Cl. The Labute approximate surface area is 129 Å². The topological polar surface area (TPSA) is 38.1 Å². The lowest BCUT2D eigenvalue weighted by Gasteiger charge is -2.11. The van der Waals surface area contributed by atoms with Gasteiger partial charge in [0.2, 0.25) is 5.78 Å². The van der Waals surface area contributed by atoms with Gasteiger partial charge in [-0.05, 0) is 41.5 Å². The van der Waals surface area contributed by atoms with Gasteiger partial charge in [-0.15, -0.1) is 11.3 Å². The summed E-state index contributed by atoms with van der Waals surface area (Å²) >= 11 is 10.7. The molecule has 19 heavy (non-hydrogen) atoms. The van der Waals surface area contributed by atoms with Crippen LogP contribution in [-0.2, 0) is 6.54 Å². The second-order valence-electron chi connectivity index (χ2n) is 4.29. The molecule has 0 spiro atoms. The molecule has 0 aliphatic rings. The van der Waals surface area contributed by atoms with Gasteiger partial charge in [-0.1, -0.05) is 11.6 Å². The quantitative estimate of drug-likeness (QED) is 0.767. The van der Waals surface area contributed by atoms with E-state index in [1.165, 1.54) is 11.3 Å². The van der Waals surface area contributed by atoms with E-state index < -0.39 is 0 Å². The van der Waals surface area contributed by atoms with Crippen LogP contribution in [-0.4, -0.2) is 41.1 Å². The van der Waals surface area contributed by atoms with Crippen LogP contribution in [0.5, 0.6) is 0 Å². The van der Waals surface area contributed by atoms with Crippen LogP contribution in [0.4, 0.5) is 0 Å². The number of aromatic nitrogens is 2. The largest absolute Gasteiger partial charge is 0.308 e. The summed E-state index contributed by atoms with van der Waals surface area (Å²) in [5, 5.41) is 6.53. The molecule has 0 saturated heterocycles. The fraction of sp³-hybridized carbons (Fsp3) is 0.333. The van der Waals surface area contributed by atoms with Gasteiger partial charge in [0.1, 0.15) is 5.69 Å². The van der Waals surface area contributed by atoms with Crippen LogP contribution in [0.3, 0.4) is 0 Å². The van der Waals surface area contributed by atoms with E-state index >= 15 is 0 Å². The number of nitrogens with zero attached hydrogens (tertiary/aromatic N) is 3. The van der Waals surface area contributed by atoms with Crippen LogP contribution < -0.4 is 0 Å². The highest BCUT2D eigenvalue weighted by atomic mass is 79.9. The zero-order valence-electron chi connectivity index (χ0n) is 10.6. The predicted octanol–water partition coefficient (Wildman–Crippen LogP) is 3.15. The van der Waals surface area contributed by atoms with Crippen LogP contribution in [0.25, 0.3) is 0 Å². The highest BCUT2D eigenvalue weighted by Crippen LogP contribution is 2.27. The first-order valence-corrected chi connectivity index (χ1v) is 7.69. The molecule has 0 atom stereocenters. The summed E-state index contributed by atoms with van der Waals surface area (Å²) in [4.78, 5) is 15.1. The maximum absolute atomic E-state index is 12.5. The molecule has 2 rings (SSSR count). The summed E-state index contributed by atoms with van der Waals surface area (Å²) in [6, 6.07) is 1.73. The van der Waals surface area contributed by atoms with E-state index in [0.717, 1.165) is 6.54 Å². The van der Waals surface area contributed by atoms with E-state index in [2.05, 4.69) is 21.0 Å². The third-order valence-electron chi connectivity index (χ3n) is 2.59. The molecular formula is C12H13BrClN3OS. The first-order chi connectivity index (χ1) is 9.00. The van der Waals surface area contributed by atoms with Gasteiger partial charge < -0.3 is 4.90 Å². The summed E-state index contributed by atoms with van der Waals surface area (Å²) in [5.41, 5.74) is 0.547. The van der Waals surface area contributed by atoms with Gasteiger partial charge >= 0.3 is 0 Å². The molecule has 2 aromatic heterocycles. The van der Waals surface area contributed by atoms with Crippen LogP contribution in [0.1, 0.15) is 15.4 Å². The Balaban J connectivity index is 2.31. The first-order valence-electron chi connectivity index (χ1n) is 5.64. The third kappa shape index (κ3) is 3.25. The molecule has 2 heterocycles. The monoisotopic (exact) mass is 361 g/mol. The summed E-state index contributed by atoms with van der Waals surface area (Å²) in [6.45, 7) is 1.47. The average molecular weight is 363 g/mol. The maximum atomic E-state index is 12.5. The van der Waals surface area contributed by atoms with Gasteiger partial charge in [-0.2, -0.15) is 5.10 Å². The van der Waals surface area contributed by atoms with Crippen molar-refractivity contribution in [3.8, 4) is 0 Å². The second kappa shape index (κ2) is 6.17. The Hall–Kier alpha value is -0.690. The molecule has 102 valence electrons.